The molecule has 2 unspecified atom stereocenters. The molecule has 1 aromatic carbocycles. The first-order valence-corrected chi connectivity index (χ1v) is 7.12. The lowest BCUT2D eigenvalue weighted by atomic mass is 9.80. The quantitative estimate of drug-likeness (QED) is 0.772. The summed E-state index contributed by atoms with van der Waals surface area (Å²) in [6, 6.07) is 2.96. The van der Waals surface area contributed by atoms with Crippen LogP contribution in [0, 0.1) is 17.7 Å². The van der Waals surface area contributed by atoms with E-state index in [4.69, 9.17) is 23.2 Å². The predicted molar refractivity (Wildman–Crippen MR) is 76.0 cm³/mol. The van der Waals surface area contributed by atoms with Crippen molar-refractivity contribution in [2.45, 2.75) is 39.2 Å². The van der Waals surface area contributed by atoms with Crippen LogP contribution in [0.3, 0.4) is 0 Å². The number of anilines is 1. The zero-order chi connectivity index (χ0) is 13.3. The van der Waals surface area contributed by atoms with Gasteiger partial charge in [0, 0.05) is 6.04 Å². The standard InChI is InChI=1S/C14H18Cl2FN/c1-8-3-9(2)5-11(4-8)18-14-12(15)6-10(17)7-13(14)16/h6-9,11,18H,3-5H2,1-2H3. The third-order valence-corrected chi connectivity index (χ3v) is 4.13. The van der Waals surface area contributed by atoms with Gasteiger partial charge in [-0.2, -0.15) is 0 Å². The Hall–Kier alpha value is -0.470. The first-order chi connectivity index (χ1) is 8.45. The number of hydrogen-bond donors (Lipinski definition) is 1. The van der Waals surface area contributed by atoms with E-state index in [0.29, 0.717) is 33.6 Å². The summed E-state index contributed by atoms with van der Waals surface area (Å²) in [7, 11) is 0. The summed E-state index contributed by atoms with van der Waals surface area (Å²) in [5.41, 5.74) is 0.658. The van der Waals surface area contributed by atoms with E-state index in [9.17, 15) is 4.39 Å². The summed E-state index contributed by atoms with van der Waals surface area (Å²) in [4.78, 5) is 0. The van der Waals surface area contributed by atoms with Crippen molar-refractivity contribution in [3.63, 3.8) is 0 Å². The van der Waals surface area contributed by atoms with Gasteiger partial charge in [-0.25, -0.2) is 4.39 Å². The Labute approximate surface area is 118 Å². The maximum Gasteiger partial charge on any atom is 0.126 e. The van der Waals surface area contributed by atoms with Gasteiger partial charge in [0.15, 0.2) is 0 Å². The van der Waals surface area contributed by atoms with Crippen molar-refractivity contribution in [1.29, 1.82) is 0 Å². The highest BCUT2D eigenvalue weighted by Crippen LogP contribution is 2.36. The van der Waals surface area contributed by atoms with E-state index in [1.54, 1.807) is 0 Å². The van der Waals surface area contributed by atoms with E-state index >= 15 is 0 Å². The minimum Gasteiger partial charge on any atom is -0.380 e. The molecule has 2 rings (SSSR count). The summed E-state index contributed by atoms with van der Waals surface area (Å²) < 4.78 is 13.1. The Morgan fingerprint density at radius 2 is 1.56 bits per heavy atom. The molecule has 1 fully saturated rings. The van der Waals surface area contributed by atoms with E-state index in [1.165, 1.54) is 18.6 Å². The van der Waals surface area contributed by atoms with E-state index < -0.39 is 5.82 Å². The van der Waals surface area contributed by atoms with Gasteiger partial charge in [-0.15, -0.1) is 0 Å². The fraction of sp³-hybridized carbons (Fsp3) is 0.571. The largest absolute Gasteiger partial charge is 0.380 e. The number of rotatable bonds is 2. The van der Waals surface area contributed by atoms with Gasteiger partial charge in [-0.1, -0.05) is 37.0 Å². The van der Waals surface area contributed by atoms with E-state index in [2.05, 4.69) is 19.2 Å². The Morgan fingerprint density at radius 3 is 2.06 bits per heavy atom. The molecule has 100 valence electrons. The highest BCUT2D eigenvalue weighted by molar-refractivity contribution is 6.39. The second-order valence-electron chi connectivity index (χ2n) is 5.50. The minimum absolute atomic E-state index is 0.353. The van der Waals surface area contributed by atoms with Crippen molar-refractivity contribution in [2.24, 2.45) is 11.8 Å². The molecule has 0 heterocycles. The van der Waals surface area contributed by atoms with Crippen LogP contribution in [0.4, 0.5) is 10.1 Å². The van der Waals surface area contributed by atoms with Crippen molar-refractivity contribution >= 4 is 28.9 Å². The van der Waals surface area contributed by atoms with Crippen molar-refractivity contribution in [3.8, 4) is 0 Å². The third kappa shape index (κ3) is 3.30. The Bertz CT molecular complexity index is 403. The molecule has 2 atom stereocenters. The van der Waals surface area contributed by atoms with Crippen LogP contribution in [0.5, 0.6) is 0 Å². The molecule has 1 aromatic rings. The molecule has 1 saturated carbocycles. The van der Waals surface area contributed by atoms with Crippen LogP contribution in [-0.2, 0) is 0 Å². The molecule has 0 saturated heterocycles. The van der Waals surface area contributed by atoms with Gasteiger partial charge in [0.05, 0.1) is 15.7 Å². The number of hydrogen-bond acceptors (Lipinski definition) is 1. The molecule has 1 aliphatic rings. The summed E-state index contributed by atoms with van der Waals surface area (Å²) in [6.07, 6.45) is 3.48. The molecule has 0 radical (unpaired) electrons. The average Bonchev–Trinajstić information content (AvgIpc) is 2.22. The van der Waals surface area contributed by atoms with Crippen LogP contribution >= 0.6 is 23.2 Å². The van der Waals surface area contributed by atoms with Crippen molar-refractivity contribution < 1.29 is 4.39 Å². The van der Waals surface area contributed by atoms with Crippen LogP contribution < -0.4 is 5.32 Å². The number of nitrogens with one attached hydrogen (secondary N) is 1. The molecule has 1 nitrogen and oxygen atoms in total. The Balaban J connectivity index is 2.14. The van der Waals surface area contributed by atoms with Crippen LogP contribution in [-0.4, -0.2) is 6.04 Å². The van der Waals surface area contributed by atoms with Crippen LogP contribution in [0.15, 0.2) is 12.1 Å². The molecule has 0 aliphatic heterocycles. The third-order valence-electron chi connectivity index (χ3n) is 3.53. The maximum atomic E-state index is 13.1. The van der Waals surface area contributed by atoms with Gasteiger partial charge in [0.2, 0.25) is 0 Å². The maximum absolute atomic E-state index is 13.1. The lowest BCUT2D eigenvalue weighted by molar-refractivity contribution is 0.281. The van der Waals surface area contributed by atoms with Gasteiger partial charge >= 0.3 is 0 Å². The van der Waals surface area contributed by atoms with Crippen LogP contribution in [0.1, 0.15) is 33.1 Å². The van der Waals surface area contributed by atoms with Crippen LogP contribution in [0.25, 0.3) is 0 Å². The summed E-state index contributed by atoms with van der Waals surface area (Å²) in [5.74, 6) is 0.995. The highest BCUT2D eigenvalue weighted by atomic mass is 35.5. The molecule has 1 aliphatic carbocycles. The first kappa shape index (κ1) is 14.0. The lowest BCUT2D eigenvalue weighted by Gasteiger charge is -2.33. The number of halogens is 3. The van der Waals surface area contributed by atoms with E-state index in [1.807, 2.05) is 0 Å². The SMILES string of the molecule is CC1CC(C)CC(Nc2c(Cl)cc(F)cc2Cl)C1. The van der Waals surface area contributed by atoms with Gasteiger partial charge in [0.1, 0.15) is 5.82 Å². The minimum atomic E-state index is -0.402. The van der Waals surface area contributed by atoms with Crippen molar-refractivity contribution in [2.75, 3.05) is 5.32 Å². The van der Waals surface area contributed by atoms with Gasteiger partial charge in [-0.05, 0) is 43.2 Å². The molecule has 18 heavy (non-hydrogen) atoms. The molecule has 0 amide bonds. The van der Waals surface area contributed by atoms with Gasteiger partial charge in [-0.3, -0.25) is 0 Å². The van der Waals surface area contributed by atoms with Gasteiger partial charge < -0.3 is 5.32 Å². The zero-order valence-electron chi connectivity index (χ0n) is 10.6. The molecular formula is C14H18Cl2FN. The summed E-state index contributed by atoms with van der Waals surface area (Å²) in [6.45, 7) is 4.52. The summed E-state index contributed by atoms with van der Waals surface area (Å²) in [5, 5.41) is 4.08. The normalized spacial score (nSPS) is 28.2. The zero-order valence-corrected chi connectivity index (χ0v) is 12.2. The second-order valence-corrected chi connectivity index (χ2v) is 6.32. The topological polar surface area (TPSA) is 12.0 Å². The lowest BCUT2D eigenvalue weighted by Crippen LogP contribution is -2.30. The monoisotopic (exact) mass is 289 g/mol. The molecule has 1 N–H and O–H groups in total. The smallest absolute Gasteiger partial charge is 0.126 e. The molecule has 4 heteroatoms. The first-order valence-electron chi connectivity index (χ1n) is 6.36. The molecular weight excluding hydrogens is 272 g/mol. The highest BCUT2D eigenvalue weighted by Gasteiger charge is 2.24. The fourth-order valence-corrected chi connectivity index (χ4v) is 3.52. The molecule has 0 aromatic heterocycles. The average molecular weight is 290 g/mol. The fourth-order valence-electron chi connectivity index (χ4n) is 2.95. The van der Waals surface area contributed by atoms with Crippen LogP contribution in [0.2, 0.25) is 10.0 Å². The number of benzene rings is 1. The predicted octanol–water partition coefficient (Wildman–Crippen LogP) is 5.37. The van der Waals surface area contributed by atoms with E-state index in [-0.39, 0.29) is 0 Å². The second kappa shape index (κ2) is 5.66. The van der Waals surface area contributed by atoms with Crippen molar-refractivity contribution in [1.82, 2.24) is 0 Å². The molecule has 0 bridgehead atoms. The van der Waals surface area contributed by atoms with Crippen molar-refractivity contribution in [3.05, 3.63) is 28.0 Å². The summed E-state index contributed by atoms with van der Waals surface area (Å²) >= 11 is 12.1. The van der Waals surface area contributed by atoms with Gasteiger partial charge in [0.25, 0.3) is 0 Å². The Morgan fingerprint density at radius 1 is 1.06 bits per heavy atom. The molecule has 0 spiro atoms. The Kier molecular flexibility index (Phi) is 4.39. The van der Waals surface area contributed by atoms with E-state index in [0.717, 1.165) is 12.8 Å².